The fraction of sp³-hybridized carbons (Fsp3) is 0.333. The number of aromatic nitrogens is 1. The zero-order valence-electron chi connectivity index (χ0n) is 7.92. The molecule has 1 aromatic rings. The molecule has 4 heteroatoms. The third-order valence-electron chi connectivity index (χ3n) is 1.58. The van der Waals surface area contributed by atoms with Gasteiger partial charge in [-0.15, -0.1) is 0 Å². The molecule has 0 radical (unpaired) electrons. The molecule has 1 N–H and O–H groups in total. The van der Waals surface area contributed by atoms with Gasteiger partial charge in [-0.25, -0.2) is 0 Å². The van der Waals surface area contributed by atoms with Crippen molar-refractivity contribution in [3.05, 3.63) is 23.6 Å². The van der Waals surface area contributed by atoms with Gasteiger partial charge in [-0.2, -0.15) is 4.98 Å². The van der Waals surface area contributed by atoms with Crippen LogP contribution in [0.1, 0.15) is 18.4 Å². The summed E-state index contributed by atoms with van der Waals surface area (Å²) < 4.78 is 5.15. The molecule has 4 nitrogen and oxygen atoms in total. The van der Waals surface area contributed by atoms with Crippen molar-refractivity contribution in [3.63, 3.8) is 0 Å². The van der Waals surface area contributed by atoms with Crippen LogP contribution in [-0.4, -0.2) is 10.9 Å². The molecule has 0 bridgehead atoms. The fourth-order valence-electron chi connectivity index (χ4n) is 0.825. The lowest BCUT2D eigenvalue weighted by Crippen LogP contribution is -2.07. The van der Waals surface area contributed by atoms with E-state index in [9.17, 15) is 4.79 Å². The Hall–Kier alpha value is -1.58. The van der Waals surface area contributed by atoms with E-state index in [2.05, 4.69) is 10.3 Å². The second kappa shape index (κ2) is 3.89. The normalized spacial score (nSPS) is 10.7. The van der Waals surface area contributed by atoms with Crippen LogP contribution in [0.2, 0.25) is 0 Å². The molecule has 13 heavy (non-hydrogen) atoms. The lowest BCUT2D eigenvalue weighted by Gasteiger charge is -1.92. The average Bonchev–Trinajstić information content (AvgIpc) is 2.31. The van der Waals surface area contributed by atoms with Crippen LogP contribution in [0.3, 0.4) is 0 Å². The summed E-state index contributed by atoms with van der Waals surface area (Å²) >= 11 is 0. The molecule has 0 saturated carbocycles. The highest BCUT2D eigenvalue weighted by Crippen LogP contribution is 2.12. The van der Waals surface area contributed by atoms with E-state index in [1.54, 1.807) is 19.9 Å². The van der Waals surface area contributed by atoms with E-state index in [1.165, 1.54) is 6.08 Å². The molecule has 0 aliphatic rings. The van der Waals surface area contributed by atoms with E-state index in [0.717, 1.165) is 11.5 Å². The summed E-state index contributed by atoms with van der Waals surface area (Å²) in [7, 11) is 0. The minimum atomic E-state index is -0.233. The first-order chi connectivity index (χ1) is 6.13. The Bertz CT molecular complexity index is 320. The third-order valence-corrected chi connectivity index (χ3v) is 1.58. The van der Waals surface area contributed by atoms with Gasteiger partial charge in [0.25, 0.3) is 5.91 Å². The number of anilines is 1. The van der Waals surface area contributed by atoms with Gasteiger partial charge in [0.15, 0.2) is 0 Å². The maximum Gasteiger partial charge on any atom is 0.302 e. The molecule has 0 fully saturated rings. The van der Waals surface area contributed by atoms with Gasteiger partial charge in [-0.3, -0.25) is 10.1 Å². The van der Waals surface area contributed by atoms with Gasteiger partial charge in [-0.1, -0.05) is 6.08 Å². The van der Waals surface area contributed by atoms with Crippen molar-refractivity contribution < 1.29 is 9.21 Å². The number of hydrogen-bond donors (Lipinski definition) is 1. The second-order valence-corrected chi connectivity index (χ2v) is 2.65. The molecule has 1 amide bonds. The van der Waals surface area contributed by atoms with Gasteiger partial charge in [0.2, 0.25) is 0 Å². The summed E-state index contributed by atoms with van der Waals surface area (Å²) in [6, 6.07) is 0.248. The minimum Gasteiger partial charge on any atom is -0.428 e. The van der Waals surface area contributed by atoms with Crippen LogP contribution in [0.5, 0.6) is 0 Å². The highest BCUT2D eigenvalue weighted by atomic mass is 16.4. The van der Waals surface area contributed by atoms with Crippen LogP contribution >= 0.6 is 0 Å². The highest BCUT2D eigenvalue weighted by Gasteiger charge is 2.06. The number of rotatable bonds is 2. The average molecular weight is 180 g/mol. The summed E-state index contributed by atoms with van der Waals surface area (Å²) in [4.78, 5) is 15.0. The van der Waals surface area contributed by atoms with Crippen molar-refractivity contribution in [2.45, 2.75) is 20.8 Å². The Morgan fingerprint density at radius 2 is 2.23 bits per heavy atom. The van der Waals surface area contributed by atoms with E-state index in [0.29, 0.717) is 0 Å². The first-order valence-electron chi connectivity index (χ1n) is 4.01. The number of carbonyl (C=O) groups excluding carboxylic acids is 1. The third kappa shape index (κ3) is 2.43. The molecule has 0 aliphatic carbocycles. The van der Waals surface area contributed by atoms with E-state index >= 15 is 0 Å². The lowest BCUT2D eigenvalue weighted by molar-refractivity contribution is -0.112. The molecular formula is C9H12N2O2. The summed E-state index contributed by atoms with van der Waals surface area (Å²) in [6.07, 6.45) is 3.06. The molecule has 0 aromatic carbocycles. The number of aryl methyl sites for hydroxylation is 2. The number of allylic oxidation sites excluding steroid dienone is 1. The van der Waals surface area contributed by atoms with Crippen LogP contribution in [-0.2, 0) is 4.79 Å². The molecule has 70 valence electrons. The standard InChI is InChI=1S/C9H12N2O2/c1-4-5-8(12)11-9-10-6(2)7(3)13-9/h4-5H,1-3H3,(H,10,11,12)/b5-4+. The number of nitrogens with one attached hydrogen (secondary N) is 1. The molecule has 1 rings (SSSR count). The predicted octanol–water partition coefficient (Wildman–Crippen LogP) is 1.81. The Balaban J connectivity index is 2.69. The predicted molar refractivity (Wildman–Crippen MR) is 49.4 cm³/mol. The van der Waals surface area contributed by atoms with Crippen LogP contribution in [0.4, 0.5) is 6.01 Å². The molecular weight excluding hydrogens is 168 g/mol. The first kappa shape index (κ1) is 9.51. The largest absolute Gasteiger partial charge is 0.428 e. The van der Waals surface area contributed by atoms with Gasteiger partial charge < -0.3 is 4.42 Å². The van der Waals surface area contributed by atoms with E-state index < -0.39 is 0 Å². The number of hydrogen-bond acceptors (Lipinski definition) is 3. The molecule has 0 aliphatic heterocycles. The van der Waals surface area contributed by atoms with Crippen molar-refractivity contribution in [2.75, 3.05) is 5.32 Å². The van der Waals surface area contributed by atoms with Gasteiger partial charge in [0.1, 0.15) is 5.76 Å². The summed E-state index contributed by atoms with van der Waals surface area (Å²) in [6.45, 7) is 5.39. The molecule has 1 heterocycles. The zero-order chi connectivity index (χ0) is 9.84. The first-order valence-corrected chi connectivity index (χ1v) is 4.01. The highest BCUT2D eigenvalue weighted by molar-refractivity contribution is 5.97. The van der Waals surface area contributed by atoms with Gasteiger partial charge in [0, 0.05) is 0 Å². The van der Waals surface area contributed by atoms with Gasteiger partial charge in [-0.05, 0) is 26.8 Å². The van der Waals surface area contributed by atoms with Crippen molar-refractivity contribution in [2.24, 2.45) is 0 Å². The Kier molecular flexibility index (Phi) is 2.84. The van der Waals surface area contributed by atoms with Crippen LogP contribution in [0, 0.1) is 13.8 Å². The Labute approximate surface area is 76.7 Å². The van der Waals surface area contributed by atoms with Crippen LogP contribution < -0.4 is 5.32 Å². The molecule has 0 spiro atoms. The maximum absolute atomic E-state index is 11.0. The SMILES string of the molecule is C/C=C/C(=O)Nc1nc(C)c(C)o1. The van der Waals surface area contributed by atoms with E-state index in [4.69, 9.17) is 4.42 Å². The van der Waals surface area contributed by atoms with Crippen molar-refractivity contribution in [3.8, 4) is 0 Å². The van der Waals surface area contributed by atoms with Crippen molar-refractivity contribution in [1.29, 1.82) is 0 Å². The zero-order valence-corrected chi connectivity index (χ0v) is 7.92. The lowest BCUT2D eigenvalue weighted by atomic mass is 10.4. The smallest absolute Gasteiger partial charge is 0.302 e. The summed E-state index contributed by atoms with van der Waals surface area (Å²) in [5, 5.41) is 2.50. The quantitative estimate of drug-likeness (QED) is 0.706. The fourth-order valence-corrected chi connectivity index (χ4v) is 0.825. The second-order valence-electron chi connectivity index (χ2n) is 2.65. The van der Waals surface area contributed by atoms with Crippen LogP contribution in [0.15, 0.2) is 16.6 Å². The minimum absolute atomic E-state index is 0.233. The molecule has 0 atom stereocenters. The van der Waals surface area contributed by atoms with Crippen LogP contribution in [0.25, 0.3) is 0 Å². The number of oxazole rings is 1. The van der Waals surface area contributed by atoms with Gasteiger partial charge >= 0.3 is 6.01 Å². The molecule has 1 aromatic heterocycles. The number of nitrogens with zero attached hydrogens (tertiary/aromatic N) is 1. The van der Waals surface area contributed by atoms with E-state index in [-0.39, 0.29) is 11.9 Å². The topological polar surface area (TPSA) is 55.1 Å². The van der Waals surface area contributed by atoms with Crippen molar-refractivity contribution in [1.82, 2.24) is 4.98 Å². The maximum atomic E-state index is 11.0. The number of amides is 1. The monoisotopic (exact) mass is 180 g/mol. The van der Waals surface area contributed by atoms with Gasteiger partial charge in [0.05, 0.1) is 5.69 Å². The molecule has 0 unspecified atom stereocenters. The van der Waals surface area contributed by atoms with E-state index in [1.807, 2.05) is 6.92 Å². The Morgan fingerprint density at radius 3 is 2.69 bits per heavy atom. The summed E-state index contributed by atoms with van der Waals surface area (Å²) in [5.74, 6) is 0.486. The Morgan fingerprint density at radius 1 is 1.54 bits per heavy atom. The van der Waals surface area contributed by atoms with Crippen molar-refractivity contribution >= 4 is 11.9 Å². The number of carbonyl (C=O) groups is 1. The summed E-state index contributed by atoms with van der Waals surface area (Å²) in [5.41, 5.74) is 0.788. The molecule has 0 saturated heterocycles.